The molecule has 0 N–H and O–H groups in total. The Bertz CT molecular complexity index is 637. The van der Waals surface area contributed by atoms with Gasteiger partial charge >= 0.3 is 6.18 Å². The van der Waals surface area contributed by atoms with Crippen molar-refractivity contribution in [1.29, 1.82) is 0 Å². The van der Waals surface area contributed by atoms with Crippen molar-refractivity contribution < 1.29 is 21.6 Å². The summed E-state index contributed by atoms with van der Waals surface area (Å²) in [6.07, 6.45) is -5.25. The van der Waals surface area contributed by atoms with Crippen LogP contribution in [0.2, 0.25) is 5.02 Å². The molecule has 0 radical (unpaired) electrons. The molecule has 2 rings (SSSR count). The highest BCUT2D eigenvalue weighted by atomic mass is 35.5. The van der Waals surface area contributed by atoms with Crippen LogP contribution in [0, 0.1) is 0 Å². The van der Waals surface area contributed by atoms with E-state index in [-0.39, 0.29) is 18.3 Å². The number of hydrogen-bond donors (Lipinski definition) is 0. The molecule has 3 nitrogen and oxygen atoms in total. The van der Waals surface area contributed by atoms with Crippen LogP contribution in [-0.2, 0) is 10.0 Å². The highest BCUT2D eigenvalue weighted by Crippen LogP contribution is 2.38. The molecule has 0 amide bonds. The van der Waals surface area contributed by atoms with Crippen LogP contribution in [0.25, 0.3) is 0 Å². The number of alkyl halides is 3. The molecule has 1 aromatic carbocycles. The largest absolute Gasteiger partial charge is 0.390 e. The number of sulfonamides is 1. The summed E-state index contributed by atoms with van der Waals surface area (Å²) in [5, 5.41) is 0.671. The van der Waals surface area contributed by atoms with Crippen molar-refractivity contribution in [2.75, 3.05) is 24.6 Å². The first-order chi connectivity index (χ1) is 10.7. The third kappa shape index (κ3) is 5.55. The Hall–Kier alpha value is -0.440. The van der Waals surface area contributed by atoms with E-state index in [9.17, 15) is 21.6 Å². The summed E-state index contributed by atoms with van der Waals surface area (Å²) in [6, 6.07) is 7.36. The van der Waals surface area contributed by atoms with E-state index >= 15 is 0 Å². The van der Waals surface area contributed by atoms with Gasteiger partial charge in [0.25, 0.3) is 0 Å². The van der Waals surface area contributed by atoms with Gasteiger partial charge in [0.05, 0.1) is 12.2 Å². The Labute approximate surface area is 143 Å². The Morgan fingerprint density at radius 3 is 2.61 bits per heavy atom. The van der Waals surface area contributed by atoms with Gasteiger partial charge in [-0.25, -0.2) is 12.7 Å². The first-order valence-corrected chi connectivity index (χ1v) is 10.1. The van der Waals surface area contributed by atoms with E-state index in [4.69, 9.17) is 11.6 Å². The van der Waals surface area contributed by atoms with Crippen LogP contribution in [0.5, 0.6) is 0 Å². The Morgan fingerprint density at radius 2 is 1.96 bits per heavy atom. The second-order valence-corrected chi connectivity index (χ2v) is 9.06. The first kappa shape index (κ1) is 18.9. The van der Waals surface area contributed by atoms with Crippen LogP contribution in [0.4, 0.5) is 13.2 Å². The molecule has 1 aliphatic heterocycles. The van der Waals surface area contributed by atoms with Crippen molar-refractivity contribution in [2.24, 2.45) is 0 Å². The zero-order chi connectivity index (χ0) is 17.1. The van der Waals surface area contributed by atoms with Crippen molar-refractivity contribution in [1.82, 2.24) is 4.31 Å². The maximum absolute atomic E-state index is 12.3. The molecule has 1 atom stereocenters. The third-order valence-corrected chi connectivity index (χ3v) is 7.12. The van der Waals surface area contributed by atoms with Gasteiger partial charge in [-0.3, -0.25) is 0 Å². The molecule has 1 aliphatic rings. The van der Waals surface area contributed by atoms with Crippen molar-refractivity contribution in [3.05, 3.63) is 34.9 Å². The molecule has 1 aromatic rings. The number of rotatable bonds is 4. The van der Waals surface area contributed by atoms with E-state index in [2.05, 4.69) is 0 Å². The van der Waals surface area contributed by atoms with E-state index in [1.807, 2.05) is 18.2 Å². The van der Waals surface area contributed by atoms with Crippen LogP contribution in [0.3, 0.4) is 0 Å². The first-order valence-electron chi connectivity index (χ1n) is 7.10. The van der Waals surface area contributed by atoms with Crippen molar-refractivity contribution in [3.63, 3.8) is 0 Å². The van der Waals surface area contributed by atoms with E-state index in [1.165, 1.54) is 4.31 Å². The molecule has 0 aromatic heterocycles. The zero-order valence-electron chi connectivity index (χ0n) is 12.2. The second-order valence-electron chi connectivity index (χ2n) is 5.25. The summed E-state index contributed by atoms with van der Waals surface area (Å²) in [5.41, 5.74) is 0.939. The summed E-state index contributed by atoms with van der Waals surface area (Å²) in [7, 11) is -3.89. The van der Waals surface area contributed by atoms with Gasteiger partial charge in [0.15, 0.2) is 0 Å². The van der Waals surface area contributed by atoms with Crippen molar-refractivity contribution in [2.45, 2.75) is 24.3 Å². The minimum Gasteiger partial charge on any atom is -0.212 e. The average molecular weight is 388 g/mol. The van der Waals surface area contributed by atoms with E-state index in [0.717, 1.165) is 5.56 Å². The predicted octanol–water partition coefficient (Wildman–Crippen LogP) is 4.10. The molecule has 0 spiro atoms. The van der Waals surface area contributed by atoms with E-state index in [1.54, 1.807) is 17.8 Å². The molecule has 1 heterocycles. The minimum absolute atomic E-state index is 0.0477. The quantitative estimate of drug-likeness (QED) is 0.780. The van der Waals surface area contributed by atoms with Gasteiger partial charge in [-0.1, -0.05) is 29.8 Å². The van der Waals surface area contributed by atoms with Gasteiger partial charge < -0.3 is 0 Å². The fourth-order valence-corrected chi connectivity index (χ4v) is 5.60. The molecule has 1 unspecified atom stereocenters. The molecule has 0 bridgehead atoms. The van der Waals surface area contributed by atoms with Gasteiger partial charge in [-0.15, -0.1) is 0 Å². The molecule has 23 heavy (non-hydrogen) atoms. The van der Waals surface area contributed by atoms with Gasteiger partial charge in [0.2, 0.25) is 10.0 Å². The standard InChI is InChI=1S/C14H17ClF3NO2S2/c15-12-4-2-1-3-11(12)13-5-7-19(8-9-22-13)23(20,21)10-6-14(16,17)18/h1-4,13H,5-10H2. The molecule has 9 heteroatoms. The van der Waals surface area contributed by atoms with E-state index < -0.39 is 28.4 Å². The molecule has 0 saturated carbocycles. The Morgan fingerprint density at radius 1 is 1.26 bits per heavy atom. The van der Waals surface area contributed by atoms with Gasteiger partial charge in [0.1, 0.15) is 0 Å². The van der Waals surface area contributed by atoms with Crippen LogP contribution in [0.15, 0.2) is 24.3 Å². The number of hydrogen-bond acceptors (Lipinski definition) is 3. The van der Waals surface area contributed by atoms with Crippen LogP contribution >= 0.6 is 23.4 Å². The van der Waals surface area contributed by atoms with Crippen molar-refractivity contribution >= 4 is 33.4 Å². The molecular formula is C14H17ClF3NO2S2. The van der Waals surface area contributed by atoms with E-state index in [0.29, 0.717) is 17.2 Å². The molecular weight excluding hydrogens is 371 g/mol. The van der Waals surface area contributed by atoms with Crippen LogP contribution in [-0.4, -0.2) is 43.5 Å². The average Bonchev–Trinajstić information content (AvgIpc) is 2.71. The van der Waals surface area contributed by atoms with Gasteiger partial charge in [0, 0.05) is 29.1 Å². The lowest BCUT2D eigenvalue weighted by atomic mass is 10.1. The maximum Gasteiger partial charge on any atom is 0.390 e. The molecule has 0 aliphatic carbocycles. The molecule has 1 saturated heterocycles. The third-order valence-electron chi connectivity index (χ3n) is 3.59. The normalized spacial score (nSPS) is 21.1. The number of thioether (sulfide) groups is 1. The summed E-state index contributed by atoms with van der Waals surface area (Å²) < 4.78 is 62.1. The Kier molecular flexibility index (Phi) is 6.27. The summed E-state index contributed by atoms with van der Waals surface area (Å²) in [4.78, 5) is 0. The smallest absolute Gasteiger partial charge is 0.212 e. The fourth-order valence-electron chi connectivity index (χ4n) is 2.39. The van der Waals surface area contributed by atoms with Crippen LogP contribution < -0.4 is 0 Å². The number of benzene rings is 1. The molecule has 1 fully saturated rings. The number of halogens is 4. The lowest BCUT2D eigenvalue weighted by molar-refractivity contribution is -0.130. The number of nitrogens with zero attached hydrogens (tertiary/aromatic N) is 1. The SMILES string of the molecule is O=S(=O)(CCC(F)(F)F)N1CCSC(c2ccccc2Cl)CC1. The van der Waals surface area contributed by atoms with Crippen LogP contribution in [0.1, 0.15) is 23.7 Å². The zero-order valence-corrected chi connectivity index (χ0v) is 14.6. The maximum atomic E-state index is 12.3. The highest BCUT2D eigenvalue weighted by Gasteiger charge is 2.33. The second kappa shape index (κ2) is 7.63. The predicted molar refractivity (Wildman–Crippen MR) is 87.3 cm³/mol. The molecule has 130 valence electrons. The van der Waals surface area contributed by atoms with Gasteiger partial charge in [-0.05, 0) is 18.1 Å². The Balaban J connectivity index is 2.02. The lowest BCUT2D eigenvalue weighted by Crippen LogP contribution is -2.36. The minimum atomic E-state index is -4.46. The lowest BCUT2D eigenvalue weighted by Gasteiger charge is -2.20. The summed E-state index contributed by atoms with van der Waals surface area (Å²) >= 11 is 7.75. The highest BCUT2D eigenvalue weighted by molar-refractivity contribution is 7.99. The summed E-state index contributed by atoms with van der Waals surface area (Å²) in [6.45, 7) is 0.439. The van der Waals surface area contributed by atoms with Crippen molar-refractivity contribution in [3.8, 4) is 0 Å². The topological polar surface area (TPSA) is 37.4 Å². The fraction of sp³-hybridized carbons (Fsp3) is 0.571. The monoisotopic (exact) mass is 387 g/mol. The van der Waals surface area contributed by atoms with Gasteiger partial charge in [-0.2, -0.15) is 24.9 Å². The summed E-state index contributed by atoms with van der Waals surface area (Å²) in [5.74, 6) is -0.362.